The summed E-state index contributed by atoms with van der Waals surface area (Å²) in [6, 6.07) is 5.28. The molecule has 2 N–H and O–H groups in total. The van der Waals surface area contributed by atoms with Crippen LogP contribution < -0.4 is 5.73 Å². The van der Waals surface area contributed by atoms with E-state index in [4.69, 9.17) is 5.73 Å². The molecule has 0 aromatic heterocycles. The molecule has 0 unspecified atom stereocenters. The van der Waals surface area contributed by atoms with E-state index in [0.717, 1.165) is 29.5 Å². The lowest BCUT2D eigenvalue weighted by Crippen LogP contribution is -2.12. The Morgan fingerprint density at radius 3 is 2.86 bits per heavy atom. The second kappa shape index (κ2) is 3.54. The minimum absolute atomic E-state index is 0.120. The molecule has 2 rings (SSSR count). The topological polar surface area (TPSA) is 26.0 Å². The summed E-state index contributed by atoms with van der Waals surface area (Å²) in [5.74, 6) is -0.120. The summed E-state index contributed by atoms with van der Waals surface area (Å²) in [6.45, 7) is 2.50. The van der Waals surface area contributed by atoms with Crippen molar-refractivity contribution >= 4 is 5.57 Å². The Labute approximate surface area is 83.4 Å². The first-order valence-electron chi connectivity index (χ1n) is 4.90. The lowest BCUT2D eigenvalue weighted by molar-refractivity contribution is 0.618. The average molecular weight is 191 g/mol. The highest BCUT2D eigenvalue weighted by Gasteiger charge is 2.17. The van der Waals surface area contributed by atoms with E-state index < -0.39 is 0 Å². The highest BCUT2D eigenvalue weighted by atomic mass is 19.1. The van der Waals surface area contributed by atoms with Crippen LogP contribution in [0.15, 0.2) is 23.8 Å². The van der Waals surface area contributed by atoms with Gasteiger partial charge in [0.15, 0.2) is 0 Å². The van der Waals surface area contributed by atoms with Gasteiger partial charge in [0.2, 0.25) is 0 Å². The maximum absolute atomic E-state index is 13.6. The molecule has 1 aliphatic carbocycles. The van der Waals surface area contributed by atoms with Crippen LogP contribution in [-0.2, 0) is 6.42 Å². The summed E-state index contributed by atoms with van der Waals surface area (Å²) < 4.78 is 13.6. The zero-order valence-electron chi connectivity index (χ0n) is 8.31. The Morgan fingerprint density at radius 1 is 1.36 bits per heavy atom. The molecule has 0 heterocycles. The molecule has 1 nitrogen and oxygen atoms in total. The smallest absolute Gasteiger partial charge is 0.130 e. The molecule has 2 heteroatoms. The fraction of sp³-hybridized carbons (Fsp3) is 0.333. The van der Waals surface area contributed by atoms with Gasteiger partial charge in [-0.05, 0) is 37.0 Å². The van der Waals surface area contributed by atoms with Gasteiger partial charge in [-0.25, -0.2) is 4.39 Å². The van der Waals surface area contributed by atoms with E-state index in [-0.39, 0.29) is 5.82 Å². The highest BCUT2D eigenvalue weighted by molar-refractivity contribution is 5.72. The molecular weight excluding hydrogens is 177 g/mol. The van der Waals surface area contributed by atoms with Crippen LogP contribution in [0.2, 0.25) is 0 Å². The second-order valence-electron chi connectivity index (χ2n) is 3.71. The number of rotatable bonds is 1. The number of aryl methyl sites for hydroxylation is 1. The van der Waals surface area contributed by atoms with Crippen LogP contribution in [0.3, 0.4) is 0 Å². The minimum atomic E-state index is -0.120. The number of benzene rings is 1. The number of allylic oxidation sites excluding steroid dienone is 1. The van der Waals surface area contributed by atoms with Crippen molar-refractivity contribution in [1.82, 2.24) is 0 Å². The number of hydrogen-bond acceptors (Lipinski definition) is 1. The van der Waals surface area contributed by atoms with Crippen LogP contribution in [-0.4, -0.2) is 6.54 Å². The van der Waals surface area contributed by atoms with Gasteiger partial charge < -0.3 is 5.73 Å². The normalized spacial score (nSPS) is 15.6. The molecule has 1 aromatic rings. The summed E-state index contributed by atoms with van der Waals surface area (Å²) in [5.41, 5.74) is 9.73. The summed E-state index contributed by atoms with van der Waals surface area (Å²) in [4.78, 5) is 0. The first-order valence-corrected chi connectivity index (χ1v) is 4.90. The molecule has 0 saturated heterocycles. The third-order valence-electron chi connectivity index (χ3n) is 2.95. The number of fused-ring (bicyclic) bond motifs is 1. The van der Waals surface area contributed by atoms with E-state index in [0.29, 0.717) is 6.54 Å². The van der Waals surface area contributed by atoms with Crippen LogP contribution >= 0.6 is 0 Å². The van der Waals surface area contributed by atoms with Crippen molar-refractivity contribution in [1.29, 1.82) is 0 Å². The molecule has 1 aromatic carbocycles. The molecule has 1 aliphatic rings. The van der Waals surface area contributed by atoms with E-state index in [1.165, 1.54) is 11.6 Å². The first kappa shape index (κ1) is 9.41. The third-order valence-corrected chi connectivity index (χ3v) is 2.95. The van der Waals surface area contributed by atoms with Crippen molar-refractivity contribution in [3.8, 4) is 0 Å². The Bertz CT molecular complexity index is 393. The van der Waals surface area contributed by atoms with Crippen molar-refractivity contribution in [3.05, 3.63) is 40.7 Å². The molecule has 0 spiro atoms. The van der Waals surface area contributed by atoms with E-state index in [1.807, 2.05) is 13.0 Å². The van der Waals surface area contributed by atoms with Crippen molar-refractivity contribution in [2.45, 2.75) is 19.8 Å². The molecule has 0 atom stereocenters. The van der Waals surface area contributed by atoms with Gasteiger partial charge in [-0.3, -0.25) is 0 Å². The number of halogens is 1. The first-order chi connectivity index (χ1) is 6.74. The molecule has 0 saturated carbocycles. The lowest BCUT2D eigenvalue weighted by atomic mass is 9.86. The SMILES string of the molecule is CC1=C(CN)CCc2cccc(F)c21. The van der Waals surface area contributed by atoms with Gasteiger partial charge in [-0.15, -0.1) is 0 Å². The zero-order chi connectivity index (χ0) is 10.1. The Kier molecular flexibility index (Phi) is 2.38. The molecule has 14 heavy (non-hydrogen) atoms. The summed E-state index contributed by atoms with van der Waals surface area (Å²) in [7, 11) is 0. The highest BCUT2D eigenvalue weighted by Crippen LogP contribution is 2.32. The van der Waals surface area contributed by atoms with Gasteiger partial charge in [0.25, 0.3) is 0 Å². The summed E-state index contributed by atoms with van der Waals surface area (Å²) in [6.07, 6.45) is 1.88. The molecule has 0 aliphatic heterocycles. The molecule has 74 valence electrons. The predicted octanol–water partition coefficient (Wildman–Crippen LogP) is 2.50. The Balaban J connectivity index is 2.60. The molecular formula is C12H14FN. The van der Waals surface area contributed by atoms with Gasteiger partial charge in [0.1, 0.15) is 5.82 Å². The second-order valence-corrected chi connectivity index (χ2v) is 3.71. The largest absolute Gasteiger partial charge is 0.327 e. The Morgan fingerprint density at radius 2 is 2.14 bits per heavy atom. The van der Waals surface area contributed by atoms with Crippen LogP contribution in [0.1, 0.15) is 24.5 Å². The van der Waals surface area contributed by atoms with E-state index in [2.05, 4.69) is 0 Å². The van der Waals surface area contributed by atoms with E-state index in [1.54, 1.807) is 6.07 Å². The molecule has 0 bridgehead atoms. The van der Waals surface area contributed by atoms with Gasteiger partial charge in [0.05, 0.1) is 0 Å². The van der Waals surface area contributed by atoms with Crippen molar-refractivity contribution < 1.29 is 4.39 Å². The monoisotopic (exact) mass is 191 g/mol. The Hall–Kier alpha value is -1.15. The van der Waals surface area contributed by atoms with Crippen LogP contribution in [0.5, 0.6) is 0 Å². The third kappa shape index (κ3) is 1.36. The summed E-state index contributed by atoms with van der Waals surface area (Å²) >= 11 is 0. The molecule has 0 radical (unpaired) electrons. The van der Waals surface area contributed by atoms with Gasteiger partial charge >= 0.3 is 0 Å². The predicted molar refractivity (Wildman–Crippen MR) is 56.4 cm³/mol. The number of nitrogens with two attached hydrogens (primary N) is 1. The van der Waals surface area contributed by atoms with E-state index in [9.17, 15) is 4.39 Å². The fourth-order valence-electron chi connectivity index (χ4n) is 2.10. The minimum Gasteiger partial charge on any atom is -0.327 e. The average Bonchev–Trinajstić information content (AvgIpc) is 2.18. The van der Waals surface area contributed by atoms with Gasteiger partial charge in [-0.2, -0.15) is 0 Å². The van der Waals surface area contributed by atoms with Gasteiger partial charge in [-0.1, -0.05) is 17.7 Å². The maximum Gasteiger partial charge on any atom is 0.130 e. The van der Waals surface area contributed by atoms with Crippen LogP contribution in [0.4, 0.5) is 4.39 Å². The fourth-order valence-corrected chi connectivity index (χ4v) is 2.10. The van der Waals surface area contributed by atoms with Crippen LogP contribution in [0, 0.1) is 5.82 Å². The quantitative estimate of drug-likeness (QED) is 0.725. The summed E-state index contributed by atoms with van der Waals surface area (Å²) in [5, 5.41) is 0. The van der Waals surface area contributed by atoms with Crippen molar-refractivity contribution in [3.63, 3.8) is 0 Å². The lowest BCUT2D eigenvalue weighted by Gasteiger charge is -2.20. The van der Waals surface area contributed by atoms with Gasteiger partial charge in [0, 0.05) is 12.1 Å². The zero-order valence-corrected chi connectivity index (χ0v) is 8.31. The maximum atomic E-state index is 13.6. The molecule has 0 amide bonds. The van der Waals surface area contributed by atoms with Crippen molar-refractivity contribution in [2.75, 3.05) is 6.54 Å². The standard InChI is InChI=1S/C12H14FN/c1-8-10(7-14)6-5-9-3-2-4-11(13)12(8)9/h2-4H,5-7,14H2,1H3. The van der Waals surface area contributed by atoms with Crippen LogP contribution in [0.25, 0.3) is 5.57 Å². The van der Waals surface area contributed by atoms with E-state index >= 15 is 0 Å². The molecule has 0 fully saturated rings. The van der Waals surface area contributed by atoms with Crippen molar-refractivity contribution in [2.24, 2.45) is 5.73 Å². The number of hydrogen-bond donors (Lipinski definition) is 1.